The molecule has 22 heavy (non-hydrogen) atoms. The van der Waals surface area contributed by atoms with Crippen LogP contribution in [-0.2, 0) is 0 Å². The summed E-state index contributed by atoms with van der Waals surface area (Å²) in [6.45, 7) is 1.93. The van der Waals surface area contributed by atoms with Gasteiger partial charge in [0.15, 0.2) is 11.6 Å². The number of benzene rings is 2. The Morgan fingerprint density at radius 1 is 1.14 bits per heavy atom. The SMILES string of the molecule is Cc1ccc(C(O)CNC(=O)Nc2ccc(F)c(F)c2)cc1. The van der Waals surface area contributed by atoms with Crippen LogP contribution in [0.4, 0.5) is 19.3 Å². The maximum Gasteiger partial charge on any atom is 0.319 e. The van der Waals surface area contributed by atoms with Crippen LogP contribution < -0.4 is 10.6 Å². The van der Waals surface area contributed by atoms with Gasteiger partial charge in [-0.1, -0.05) is 29.8 Å². The molecule has 1 unspecified atom stereocenters. The monoisotopic (exact) mass is 306 g/mol. The van der Waals surface area contributed by atoms with E-state index in [9.17, 15) is 18.7 Å². The minimum atomic E-state index is -1.04. The largest absolute Gasteiger partial charge is 0.387 e. The van der Waals surface area contributed by atoms with Crippen LogP contribution in [0.1, 0.15) is 17.2 Å². The molecule has 0 saturated carbocycles. The van der Waals surface area contributed by atoms with Gasteiger partial charge >= 0.3 is 6.03 Å². The third-order valence-corrected chi connectivity index (χ3v) is 3.10. The molecule has 2 rings (SSSR count). The molecular formula is C16H16F2N2O2. The zero-order valence-corrected chi connectivity index (χ0v) is 11.9. The van der Waals surface area contributed by atoms with E-state index in [-0.39, 0.29) is 12.2 Å². The van der Waals surface area contributed by atoms with Crippen LogP contribution in [0.3, 0.4) is 0 Å². The summed E-state index contributed by atoms with van der Waals surface area (Å²) in [7, 11) is 0. The molecule has 0 aromatic heterocycles. The van der Waals surface area contributed by atoms with Gasteiger partial charge in [0.25, 0.3) is 0 Å². The van der Waals surface area contributed by atoms with Crippen LogP contribution in [0.5, 0.6) is 0 Å². The molecule has 0 aliphatic rings. The highest BCUT2D eigenvalue weighted by atomic mass is 19.2. The number of rotatable bonds is 4. The van der Waals surface area contributed by atoms with Crippen molar-refractivity contribution in [2.45, 2.75) is 13.0 Å². The van der Waals surface area contributed by atoms with Gasteiger partial charge in [0.1, 0.15) is 0 Å². The highest BCUT2D eigenvalue weighted by Crippen LogP contribution is 2.14. The van der Waals surface area contributed by atoms with Crippen LogP contribution in [-0.4, -0.2) is 17.7 Å². The van der Waals surface area contributed by atoms with Crippen molar-refractivity contribution in [3.8, 4) is 0 Å². The van der Waals surface area contributed by atoms with Crippen molar-refractivity contribution in [1.29, 1.82) is 0 Å². The molecule has 2 aromatic carbocycles. The maximum atomic E-state index is 13.0. The number of anilines is 1. The molecule has 0 radical (unpaired) electrons. The van der Waals surface area contributed by atoms with E-state index in [2.05, 4.69) is 10.6 Å². The van der Waals surface area contributed by atoms with Crippen molar-refractivity contribution in [2.75, 3.05) is 11.9 Å². The number of urea groups is 1. The molecule has 0 aliphatic carbocycles. The summed E-state index contributed by atoms with van der Waals surface area (Å²) < 4.78 is 25.8. The number of carbonyl (C=O) groups excluding carboxylic acids is 1. The first-order valence-electron chi connectivity index (χ1n) is 6.70. The normalized spacial score (nSPS) is 11.8. The highest BCUT2D eigenvalue weighted by Gasteiger charge is 2.10. The average molecular weight is 306 g/mol. The van der Waals surface area contributed by atoms with E-state index in [0.29, 0.717) is 5.56 Å². The Kier molecular flexibility index (Phi) is 5.06. The van der Waals surface area contributed by atoms with Gasteiger partial charge in [-0.25, -0.2) is 13.6 Å². The Bertz CT molecular complexity index is 660. The topological polar surface area (TPSA) is 61.4 Å². The van der Waals surface area contributed by atoms with E-state index in [1.807, 2.05) is 19.1 Å². The van der Waals surface area contributed by atoms with E-state index in [1.54, 1.807) is 12.1 Å². The molecule has 3 N–H and O–H groups in total. The summed E-state index contributed by atoms with van der Waals surface area (Å²) in [4.78, 5) is 11.6. The molecule has 1 atom stereocenters. The van der Waals surface area contributed by atoms with Crippen LogP contribution in [0, 0.1) is 18.6 Å². The molecule has 2 amide bonds. The summed E-state index contributed by atoms with van der Waals surface area (Å²) in [5.74, 6) is -2.03. The first-order valence-corrected chi connectivity index (χ1v) is 6.70. The van der Waals surface area contributed by atoms with E-state index in [1.165, 1.54) is 6.07 Å². The first-order chi connectivity index (χ1) is 10.5. The minimum Gasteiger partial charge on any atom is -0.387 e. The fraction of sp³-hybridized carbons (Fsp3) is 0.188. The molecule has 0 saturated heterocycles. The van der Waals surface area contributed by atoms with Crippen molar-refractivity contribution in [2.24, 2.45) is 0 Å². The van der Waals surface area contributed by atoms with E-state index in [0.717, 1.165) is 17.7 Å². The molecule has 0 fully saturated rings. The fourth-order valence-corrected chi connectivity index (χ4v) is 1.84. The Labute approximate surface area is 126 Å². The standard InChI is InChI=1S/C16H16F2N2O2/c1-10-2-4-11(5-3-10)15(21)9-19-16(22)20-12-6-7-13(17)14(18)8-12/h2-8,15,21H,9H2,1H3,(H2,19,20,22). The van der Waals surface area contributed by atoms with Gasteiger partial charge in [0.2, 0.25) is 0 Å². The van der Waals surface area contributed by atoms with Crippen LogP contribution >= 0.6 is 0 Å². The molecule has 6 heteroatoms. The van der Waals surface area contributed by atoms with Crippen molar-refractivity contribution in [3.05, 3.63) is 65.2 Å². The van der Waals surface area contributed by atoms with Crippen LogP contribution in [0.2, 0.25) is 0 Å². The lowest BCUT2D eigenvalue weighted by molar-refractivity contribution is 0.175. The summed E-state index contributed by atoms with van der Waals surface area (Å²) in [5.41, 5.74) is 1.87. The lowest BCUT2D eigenvalue weighted by Crippen LogP contribution is -2.32. The zero-order valence-electron chi connectivity index (χ0n) is 11.9. The molecule has 0 spiro atoms. The second-order valence-electron chi connectivity index (χ2n) is 4.89. The third-order valence-electron chi connectivity index (χ3n) is 3.10. The van der Waals surface area contributed by atoms with Crippen molar-refractivity contribution < 1.29 is 18.7 Å². The van der Waals surface area contributed by atoms with E-state index >= 15 is 0 Å². The molecule has 116 valence electrons. The summed E-state index contributed by atoms with van der Waals surface area (Å²) in [6, 6.07) is 9.70. The van der Waals surface area contributed by atoms with Gasteiger partial charge in [-0.2, -0.15) is 0 Å². The lowest BCUT2D eigenvalue weighted by Gasteiger charge is -2.13. The number of hydrogen-bond donors (Lipinski definition) is 3. The predicted octanol–water partition coefficient (Wildman–Crippen LogP) is 3.13. The van der Waals surface area contributed by atoms with Crippen molar-refractivity contribution >= 4 is 11.7 Å². The summed E-state index contributed by atoms with van der Waals surface area (Å²) >= 11 is 0. The second kappa shape index (κ2) is 7.00. The molecule has 0 bridgehead atoms. The third kappa shape index (κ3) is 4.26. The summed E-state index contributed by atoms with van der Waals surface area (Å²) in [6.07, 6.45) is -0.851. The molecule has 4 nitrogen and oxygen atoms in total. The smallest absolute Gasteiger partial charge is 0.319 e. The molecule has 2 aromatic rings. The minimum absolute atomic E-state index is 0.00142. The first kappa shape index (κ1) is 15.9. The number of hydrogen-bond acceptors (Lipinski definition) is 2. The zero-order chi connectivity index (χ0) is 16.1. The Morgan fingerprint density at radius 3 is 2.45 bits per heavy atom. The number of carbonyl (C=O) groups is 1. The number of amides is 2. The van der Waals surface area contributed by atoms with Crippen molar-refractivity contribution in [3.63, 3.8) is 0 Å². The van der Waals surface area contributed by atoms with Gasteiger partial charge in [0.05, 0.1) is 6.10 Å². The fourth-order valence-electron chi connectivity index (χ4n) is 1.84. The van der Waals surface area contributed by atoms with Gasteiger partial charge < -0.3 is 15.7 Å². The predicted molar refractivity (Wildman–Crippen MR) is 79.5 cm³/mol. The number of halogens is 2. The summed E-state index contributed by atoms with van der Waals surface area (Å²) in [5, 5.41) is 14.8. The number of aliphatic hydroxyl groups excluding tert-OH is 1. The Morgan fingerprint density at radius 2 is 1.82 bits per heavy atom. The van der Waals surface area contributed by atoms with E-state index < -0.39 is 23.8 Å². The quantitative estimate of drug-likeness (QED) is 0.812. The molecule has 0 aliphatic heterocycles. The maximum absolute atomic E-state index is 13.0. The Balaban J connectivity index is 1.86. The van der Waals surface area contributed by atoms with Gasteiger partial charge in [-0.05, 0) is 24.6 Å². The highest BCUT2D eigenvalue weighted by molar-refractivity contribution is 5.89. The molecular weight excluding hydrogens is 290 g/mol. The second-order valence-corrected chi connectivity index (χ2v) is 4.89. The number of aryl methyl sites for hydroxylation is 1. The van der Waals surface area contributed by atoms with Gasteiger partial charge in [-0.15, -0.1) is 0 Å². The van der Waals surface area contributed by atoms with Crippen LogP contribution in [0.15, 0.2) is 42.5 Å². The average Bonchev–Trinajstić information content (AvgIpc) is 2.49. The van der Waals surface area contributed by atoms with Crippen molar-refractivity contribution in [1.82, 2.24) is 5.32 Å². The number of aliphatic hydroxyl groups is 1. The Hall–Kier alpha value is -2.47. The lowest BCUT2D eigenvalue weighted by atomic mass is 10.1. The van der Waals surface area contributed by atoms with Crippen LogP contribution in [0.25, 0.3) is 0 Å². The van der Waals surface area contributed by atoms with Gasteiger partial charge in [0, 0.05) is 18.3 Å². The van der Waals surface area contributed by atoms with Gasteiger partial charge in [-0.3, -0.25) is 0 Å². The number of nitrogens with one attached hydrogen (secondary N) is 2. The van der Waals surface area contributed by atoms with E-state index in [4.69, 9.17) is 0 Å². The molecule has 0 heterocycles.